The Balaban J connectivity index is 2.56. The van der Waals surface area contributed by atoms with Crippen molar-refractivity contribution in [3.05, 3.63) is 45.7 Å². The van der Waals surface area contributed by atoms with Gasteiger partial charge in [-0.15, -0.1) is 0 Å². The van der Waals surface area contributed by atoms with Gasteiger partial charge in [0, 0.05) is 6.20 Å². The number of benzene rings is 1. The number of alkyl halides is 3. The van der Waals surface area contributed by atoms with Crippen LogP contribution in [0, 0.1) is 0 Å². The molecule has 1 aromatic heterocycles. The second-order valence-electron chi connectivity index (χ2n) is 3.62. The highest BCUT2D eigenvalue weighted by Gasteiger charge is 2.32. The molecule has 0 saturated carbocycles. The Morgan fingerprint density at radius 1 is 1.21 bits per heavy atom. The van der Waals surface area contributed by atoms with Gasteiger partial charge in [-0.25, -0.2) is 4.68 Å². The first-order valence-corrected chi connectivity index (χ1v) is 5.65. The predicted octanol–water partition coefficient (Wildman–Crippen LogP) is 4.01. The van der Waals surface area contributed by atoms with Crippen molar-refractivity contribution < 1.29 is 18.0 Å². The first kappa shape index (κ1) is 13.9. The topological polar surface area (TPSA) is 34.9 Å². The predicted molar refractivity (Wildman–Crippen MR) is 64.0 cm³/mol. The van der Waals surface area contributed by atoms with Crippen molar-refractivity contribution >= 4 is 29.5 Å². The number of carbonyl (C=O) groups excluding carboxylic acids is 1. The molecule has 0 spiro atoms. The quantitative estimate of drug-likeness (QED) is 0.786. The number of hydrogen-bond donors (Lipinski definition) is 0. The van der Waals surface area contributed by atoms with Gasteiger partial charge < -0.3 is 0 Å². The molecule has 1 heterocycles. The second-order valence-corrected chi connectivity index (χ2v) is 4.44. The molecule has 1 aromatic carbocycles. The van der Waals surface area contributed by atoms with E-state index in [4.69, 9.17) is 23.2 Å². The van der Waals surface area contributed by atoms with Crippen LogP contribution in [-0.2, 0) is 6.18 Å². The number of nitrogens with zero attached hydrogens (tertiary/aromatic N) is 2. The van der Waals surface area contributed by atoms with Gasteiger partial charge in [0.2, 0.25) is 0 Å². The highest BCUT2D eigenvalue weighted by Crippen LogP contribution is 2.37. The van der Waals surface area contributed by atoms with E-state index in [0.717, 1.165) is 16.8 Å². The maximum Gasteiger partial charge on any atom is 0.416 e. The first-order valence-electron chi connectivity index (χ1n) is 4.89. The Hall–Kier alpha value is -1.53. The van der Waals surface area contributed by atoms with Crippen LogP contribution < -0.4 is 0 Å². The van der Waals surface area contributed by atoms with Crippen molar-refractivity contribution in [2.75, 3.05) is 0 Å². The van der Waals surface area contributed by atoms with Crippen LogP contribution in [0.5, 0.6) is 0 Å². The number of aromatic nitrogens is 2. The highest BCUT2D eigenvalue weighted by molar-refractivity contribution is 6.37. The van der Waals surface area contributed by atoms with Crippen LogP contribution in [0.4, 0.5) is 13.2 Å². The van der Waals surface area contributed by atoms with Crippen molar-refractivity contribution in [2.24, 2.45) is 0 Å². The summed E-state index contributed by atoms with van der Waals surface area (Å²) in [5.41, 5.74) is -0.606. The molecule has 0 atom stereocenters. The lowest BCUT2D eigenvalue weighted by atomic mass is 10.2. The number of rotatable bonds is 2. The molecule has 8 heteroatoms. The molecule has 0 unspecified atom stereocenters. The number of hydrogen-bond acceptors (Lipinski definition) is 2. The third kappa shape index (κ3) is 2.74. The fourth-order valence-corrected chi connectivity index (χ4v) is 2.13. The van der Waals surface area contributed by atoms with E-state index >= 15 is 0 Å². The SMILES string of the molecule is O=Cc1cnn(-c2c(Cl)cc(C(F)(F)F)cc2Cl)c1. The minimum absolute atomic E-state index is 0.0874. The van der Waals surface area contributed by atoms with Gasteiger partial charge in [-0.1, -0.05) is 23.2 Å². The Bertz CT molecular complexity index is 614. The van der Waals surface area contributed by atoms with Crippen molar-refractivity contribution in [3.63, 3.8) is 0 Å². The van der Waals surface area contributed by atoms with Crippen LogP contribution in [0.1, 0.15) is 15.9 Å². The normalized spacial score (nSPS) is 11.6. The van der Waals surface area contributed by atoms with E-state index in [2.05, 4.69) is 5.10 Å². The van der Waals surface area contributed by atoms with E-state index in [1.165, 1.54) is 12.4 Å². The highest BCUT2D eigenvalue weighted by atomic mass is 35.5. The third-order valence-electron chi connectivity index (χ3n) is 2.31. The molecular formula is C11H5Cl2F3N2O. The summed E-state index contributed by atoms with van der Waals surface area (Å²) in [4.78, 5) is 10.5. The van der Waals surface area contributed by atoms with Crippen molar-refractivity contribution in [2.45, 2.75) is 6.18 Å². The molecule has 2 rings (SSSR count). The van der Waals surface area contributed by atoms with Gasteiger partial charge in [-0.05, 0) is 12.1 Å². The number of aldehydes is 1. The van der Waals surface area contributed by atoms with Crippen molar-refractivity contribution in [1.82, 2.24) is 9.78 Å². The van der Waals surface area contributed by atoms with Crippen molar-refractivity contribution in [1.29, 1.82) is 0 Å². The summed E-state index contributed by atoms with van der Waals surface area (Å²) in [6.45, 7) is 0. The summed E-state index contributed by atoms with van der Waals surface area (Å²) < 4.78 is 38.8. The molecule has 100 valence electrons. The third-order valence-corrected chi connectivity index (χ3v) is 2.89. The van der Waals surface area contributed by atoms with Crippen molar-refractivity contribution in [3.8, 4) is 5.69 Å². The zero-order chi connectivity index (χ0) is 14.2. The number of carbonyl (C=O) groups is 1. The summed E-state index contributed by atoms with van der Waals surface area (Å²) >= 11 is 11.6. The van der Waals surface area contributed by atoms with E-state index < -0.39 is 11.7 Å². The maximum atomic E-state index is 12.6. The van der Waals surface area contributed by atoms with Gasteiger partial charge in [-0.3, -0.25) is 4.79 Å². The molecule has 0 aliphatic rings. The molecule has 0 aliphatic carbocycles. The van der Waals surface area contributed by atoms with Gasteiger partial charge in [0.1, 0.15) is 5.69 Å². The molecule has 2 aromatic rings. The largest absolute Gasteiger partial charge is 0.416 e. The first-order chi connectivity index (χ1) is 8.82. The lowest BCUT2D eigenvalue weighted by Gasteiger charge is -2.12. The van der Waals surface area contributed by atoms with E-state index in [0.29, 0.717) is 6.29 Å². The molecule has 0 fully saturated rings. The molecular weight excluding hydrogens is 304 g/mol. The Morgan fingerprint density at radius 2 is 1.79 bits per heavy atom. The lowest BCUT2D eigenvalue weighted by Crippen LogP contribution is -2.06. The van der Waals surface area contributed by atoms with E-state index in [1.54, 1.807) is 0 Å². The Labute approximate surface area is 115 Å². The molecule has 0 radical (unpaired) electrons. The molecule has 0 saturated heterocycles. The van der Waals surface area contributed by atoms with E-state index in [1.807, 2.05) is 0 Å². The minimum Gasteiger partial charge on any atom is -0.298 e. The fourth-order valence-electron chi connectivity index (χ4n) is 1.47. The van der Waals surface area contributed by atoms with Gasteiger partial charge in [0.25, 0.3) is 0 Å². The lowest BCUT2D eigenvalue weighted by molar-refractivity contribution is -0.137. The van der Waals surface area contributed by atoms with Gasteiger partial charge in [0.15, 0.2) is 6.29 Å². The van der Waals surface area contributed by atoms with Crippen LogP contribution in [0.25, 0.3) is 5.69 Å². The Morgan fingerprint density at radius 3 is 2.21 bits per heavy atom. The smallest absolute Gasteiger partial charge is 0.298 e. The summed E-state index contributed by atoms with van der Waals surface area (Å²) in [5, 5.41) is 3.39. The molecule has 19 heavy (non-hydrogen) atoms. The van der Waals surface area contributed by atoms with Crippen LogP contribution in [0.2, 0.25) is 10.0 Å². The fraction of sp³-hybridized carbons (Fsp3) is 0.0909. The molecule has 0 bridgehead atoms. The molecule has 0 amide bonds. The van der Waals surface area contributed by atoms with Crippen LogP contribution in [-0.4, -0.2) is 16.1 Å². The zero-order valence-electron chi connectivity index (χ0n) is 9.08. The van der Waals surface area contributed by atoms with E-state index in [9.17, 15) is 18.0 Å². The van der Waals surface area contributed by atoms with Crippen LogP contribution >= 0.6 is 23.2 Å². The van der Waals surface area contributed by atoms with Gasteiger partial charge in [0.05, 0.1) is 27.4 Å². The molecule has 0 aliphatic heterocycles. The zero-order valence-corrected chi connectivity index (χ0v) is 10.6. The maximum absolute atomic E-state index is 12.6. The monoisotopic (exact) mass is 308 g/mol. The van der Waals surface area contributed by atoms with Gasteiger partial charge in [-0.2, -0.15) is 18.3 Å². The average molecular weight is 309 g/mol. The summed E-state index contributed by atoms with van der Waals surface area (Å²) in [7, 11) is 0. The Kier molecular flexibility index (Phi) is 3.56. The summed E-state index contributed by atoms with van der Waals surface area (Å²) in [6, 6.07) is 1.51. The number of halogens is 5. The second kappa shape index (κ2) is 4.86. The van der Waals surface area contributed by atoms with Crippen LogP contribution in [0.15, 0.2) is 24.5 Å². The minimum atomic E-state index is -4.54. The van der Waals surface area contributed by atoms with E-state index in [-0.39, 0.29) is 21.3 Å². The molecule has 0 N–H and O–H groups in total. The molecule has 3 nitrogen and oxygen atoms in total. The van der Waals surface area contributed by atoms with Gasteiger partial charge >= 0.3 is 6.18 Å². The van der Waals surface area contributed by atoms with Crippen LogP contribution in [0.3, 0.4) is 0 Å². The summed E-state index contributed by atoms with van der Waals surface area (Å²) in [5.74, 6) is 0. The average Bonchev–Trinajstić information content (AvgIpc) is 2.75. The standard InChI is InChI=1S/C11H5Cl2F3N2O/c12-8-1-7(11(14,15)16)2-9(13)10(8)18-4-6(5-19)3-17-18/h1-5H. The summed E-state index contributed by atoms with van der Waals surface area (Å²) in [6.07, 6.45) is -1.43.